The monoisotopic (exact) mass is 366 g/mol. The van der Waals surface area contributed by atoms with E-state index in [1.165, 1.54) is 23.3 Å². The van der Waals surface area contributed by atoms with Gasteiger partial charge in [0.2, 0.25) is 0 Å². The Hall–Kier alpha value is -2.61. The Kier molecular flexibility index (Phi) is 5.53. The van der Waals surface area contributed by atoms with E-state index in [0.717, 1.165) is 25.2 Å². The van der Waals surface area contributed by atoms with Crippen LogP contribution in [-0.2, 0) is 13.1 Å². The molecule has 140 valence electrons. The topological polar surface area (TPSA) is 66.8 Å². The first kappa shape index (κ1) is 17.8. The quantitative estimate of drug-likeness (QED) is 0.597. The van der Waals surface area contributed by atoms with Crippen molar-refractivity contribution in [2.24, 2.45) is 5.92 Å². The lowest BCUT2D eigenvalue weighted by molar-refractivity contribution is 0.440. The highest BCUT2D eigenvalue weighted by molar-refractivity contribution is 5.27. The number of hydrazine groups is 1. The molecular weight excluding hydrogens is 343 g/mol. The number of nitrogens with zero attached hydrogens (tertiary/aromatic N) is 3. The molecule has 1 aliphatic heterocycles. The standard InChI is InChI=1S/C20H23FN6/c21-19-7-5-15(6-8-19)20-18(11-24-26-20)10-22-9-16-3-1-2-4-17(16)12-27-14-23-13-25-27/h1-8,13-14,18,20,22,24,26H,9-12H2. The summed E-state index contributed by atoms with van der Waals surface area (Å²) in [6, 6.07) is 15.3. The molecule has 7 heteroatoms. The van der Waals surface area contributed by atoms with Gasteiger partial charge in [-0.2, -0.15) is 5.10 Å². The maximum atomic E-state index is 13.2. The molecule has 3 N–H and O–H groups in total. The Morgan fingerprint density at radius 2 is 1.93 bits per heavy atom. The summed E-state index contributed by atoms with van der Waals surface area (Å²) in [5, 5.41) is 7.76. The van der Waals surface area contributed by atoms with E-state index in [9.17, 15) is 4.39 Å². The molecule has 2 unspecified atom stereocenters. The summed E-state index contributed by atoms with van der Waals surface area (Å²) in [5.41, 5.74) is 10.1. The third-order valence-electron chi connectivity index (χ3n) is 4.96. The highest BCUT2D eigenvalue weighted by Gasteiger charge is 2.27. The van der Waals surface area contributed by atoms with Crippen LogP contribution in [0.3, 0.4) is 0 Å². The van der Waals surface area contributed by atoms with Crippen molar-refractivity contribution in [3.05, 3.63) is 83.7 Å². The van der Waals surface area contributed by atoms with E-state index in [2.05, 4.69) is 44.5 Å². The first-order chi connectivity index (χ1) is 13.3. The van der Waals surface area contributed by atoms with E-state index in [-0.39, 0.29) is 11.9 Å². The zero-order valence-electron chi connectivity index (χ0n) is 15.0. The largest absolute Gasteiger partial charge is 0.312 e. The summed E-state index contributed by atoms with van der Waals surface area (Å²) >= 11 is 0. The molecule has 27 heavy (non-hydrogen) atoms. The summed E-state index contributed by atoms with van der Waals surface area (Å²) in [4.78, 5) is 4.00. The van der Waals surface area contributed by atoms with Crippen LogP contribution in [0.2, 0.25) is 0 Å². The summed E-state index contributed by atoms with van der Waals surface area (Å²) in [7, 11) is 0. The van der Waals surface area contributed by atoms with Crippen LogP contribution < -0.4 is 16.2 Å². The van der Waals surface area contributed by atoms with Gasteiger partial charge in [0, 0.05) is 25.6 Å². The molecule has 0 bridgehead atoms. The lowest BCUT2D eigenvalue weighted by Gasteiger charge is -2.20. The number of aromatic nitrogens is 3. The van der Waals surface area contributed by atoms with Gasteiger partial charge in [-0.1, -0.05) is 36.4 Å². The van der Waals surface area contributed by atoms with Gasteiger partial charge >= 0.3 is 0 Å². The molecule has 1 aliphatic rings. The lowest BCUT2D eigenvalue weighted by Crippen LogP contribution is -2.28. The molecule has 1 fully saturated rings. The molecule has 0 aliphatic carbocycles. The molecule has 0 spiro atoms. The molecule has 2 aromatic carbocycles. The van der Waals surface area contributed by atoms with E-state index in [4.69, 9.17) is 0 Å². The maximum Gasteiger partial charge on any atom is 0.137 e. The van der Waals surface area contributed by atoms with E-state index in [1.54, 1.807) is 12.7 Å². The molecule has 0 amide bonds. The molecular formula is C20H23FN6. The van der Waals surface area contributed by atoms with Gasteiger partial charge in [0.15, 0.2) is 0 Å². The minimum Gasteiger partial charge on any atom is -0.312 e. The summed E-state index contributed by atoms with van der Waals surface area (Å²) in [6.45, 7) is 3.23. The van der Waals surface area contributed by atoms with Crippen molar-refractivity contribution < 1.29 is 4.39 Å². The molecule has 6 nitrogen and oxygen atoms in total. The van der Waals surface area contributed by atoms with Gasteiger partial charge in [0.25, 0.3) is 0 Å². The Bertz CT molecular complexity index is 849. The van der Waals surface area contributed by atoms with Crippen LogP contribution in [0, 0.1) is 11.7 Å². The van der Waals surface area contributed by atoms with Crippen molar-refractivity contribution in [2.75, 3.05) is 13.1 Å². The van der Waals surface area contributed by atoms with Gasteiger partial charge in [-0.3, -0.25) is 5.43 Å². The predicted molar refractivity (Wildman–Crippen MR) is 101 cm³/mol. The molecule has 1 aromatic heterocycles. The normalized spacial score (nSPS) is 19.4. The number of halogens is 1. The first-order valence-electron chi connectivity index (χ1n) is 9.13. The minimum absolute atomic E-state index is 0.170. The third kappa shape index (κ3) is 4.39. The SMILES string of the molecule is Fc1ccc(C2NNCC2CNCc2ccccc2Cn2cncn2)cc1. The van der Waals surface area contributed by atoms with Gasteiger partial charge in [-0.05, 0) is 28.8 Å². The van der Waals surface area contributed by atoms with E-state index in [1.807, 2.05) is 22.9 Å². The first-order valence-corrected chi connectivity index (χ1v) is 9.13. The second-order valence-corrected chi connectivity index (χ2v) is 6.81. The highest BCUT2D eigenvalue weighted by Crippen LogP contribution is 2.24. The van der Waals surface area contributed by atoms with Gasteiger partial charge in [0.1, 0.15) is 18.5 Å². The van der Waals surface area contributed by atoms with Crippen LogP contribution in [0.5, 0.6) is 0 Å². The van der Waals surface area contributed by atoms with Crippen LogP contribution in [0.1, 0.15) is 22.7 Å². The number of hydrogen-bond donors (Lipinski definition) is 3. The second kappa shape index (κ2) is 8.39. The van der Waals surface area contributed by atoms with Crippen LogP contribution in [0.4, 0.5) is 4.39 Å². The van der Waals surface area contributed by atoms with Crippen LogP contribution in [-0.4, -0.2) is 27.9 Å². The average molecular weight is 366 g/mol. The van der Waals surface area contributed by atoms with E-state index in [0.29, 0.717) is 12.5 Å². The second-order valence-electron chi connectivity index (χ2n) is 6.81. The number of nitrogens with one attached hydrogen (secondary N) is 3. The van der Waals surface area contributed by atoms with Crippen molar-refractivity contribution in [3.63, 3.8) is 0 Å². The molecule has 0 saturated carbocycles. The molecule has 0 radical (unpaired) electrons. The minimum atomic E-state index is -0.205. The zero-order valence-corrected chi connectivity index (χ0v) is 15.0. The zero-order chi connectivity index (χ0) is 18.5. The number of hydrogen-bond acceptors (Lipinski definition) is 5. The fraction of sp³-hybridized carbons (Fsp3) is 0.300. The number of rotatable bonds is 7. The Labute approximate surface area is 157 Å². The average Bonchev–Trinajstić information content (AvgIpc) is 3.36. The smallest absolute Gasteiger partial charge is 0.137 e. The van der Waals surface area contributed by atoms with Crippen molar-refractivity contribution in [1.29, 1.82) is 0 Å². The van der Waals surface area contributed by atoms with Crippen LogP contribution in [0.25, 0.3) is 0 Å². The highest BCUT2D eigenvalue weighted by atomic mass is 19.1. The molecule has 2 heterocycles. The molecule has 4 rings (SSSR count). The fourth-order valence-electron chi connectivity index (χ4n) is 3.52. The molecule has 2 atom stereocenters. The summed E-state index contributed by atoms with van der Waals surface area (Å²) in [6.07, 6.45) is 3.28. The van der Waals surface area contributed by atoms with Gasteiger partial charge in [-0.15, -0.1) is 0 Å². The predicted octanol–water partition coefficient (Wildman–Crippen LogP) is 2.02. The van der Waals surface area contributed by atoms with Crippen LogP contribution >= 0.6 is 0 Å². The van der Waals surface area contributed by atoms with E-state index >= 15 is 0 Å². The van der Waals surface area contributed by atoms with Crippen molar-refractivity contribution in [2.45, 2.75) is 19.1 Å². The molecule has 3 aromatic rings. The van der Waals surface area contributed by atoms with Crippen LogP contribution in [0.15, 0.2) is 61.2 Å². The number of benzene rings is 2. The molecule has 1 saturated heterocycles. The van der Waals surface area contributed by atoms with Crippen molar-refractivity contribution in [3.8, 4) is 0 Å². The van der Waals surface area contributed by atoms with Gasteiger partial charge in [-0.25, -0.2) is 19.5 Å². The van der Waals surface area contributed by atoms with Gasteiger partial charge in [0.05, 0.1) is 12.6 Å². The van der Waals surface area contributed by atoms with Crippen molar-refractivity contribution >= 4 is 0 Å². The summed E-state index contributed by atoms with van der Waals surface area (Å²) < 4.78 is 15.0. The van der Waals surface area contributed by atoms with E-state index < -0.39 is 0 Å². The fourth-order valence-corrected chi connectivity index (χ4v) is 3.52. The Balaban J connectivity index is 1.36. The maximum absolute atomic E-state index is 13.2. The third-order valence-corrected chi connectivity index (χ3v) is 4.96. The van der Waals surface area contributed by atoms with Gasteiger partial charge < -0.3 is 5.32 Å². The van der Waals surface area contributed by atoms with Crippen molar-refractivity contribution in [1.82, 2.24) is 30.9 Å². The Morgan fingerprint density at radius 1 is 1.11 bits per heavy atom. The lowest BCUT2D eigenvalue weighted by atomic mass is 9.95. The summed E-state index contributed by atoms with van der Waals surface area (Å²) in [5.74, 6) is 0.182. The Morgan fingerprint density at radius 3 is 2.70 bits per heavy atom.